The first-order valence-corrected chi connectivity index (χ1v) is 8.83. The topological polar surface area (TPSA) is 49.4 Å². The Labute approximate surface area is 126 Å². The molecule has 0 saturated carbocycles. The minimum atomic E-state index is -3.55. The van der Waals surface area contributed by atoms with Crippen LogP contribution < -0.4 is 5.32 Å². The van der Waals surface area contributed by atoms with E-state index in [4.69, 9.17) is 0 Å². The number of piperidine rings is 1. The zero-order valence-corrected chi connectivity index (χ0v) is 13.4. The van der Waals surface area contributed by atoms with Gasteiger partial charge in [0.1, 0.15) is 5.82 Å². The molecule has 4 nitrogen and oxygen atoms in total. The summed E-state index contributed by atoms with van der Waals surface area (Å²) in [5, 5.41) is 3.07. The number of hydrogen-bond acceptors (Lipinski definition) is 3. The van der Waals surface area contributed by atoms with Crippen LogP contribution in [0.3, 0.4) is 0 Å². The lowest BCUT2D eigenvalue weighted by molar-refractivity contribution is 0.240. The average Bonchev–Trinajstić information content (AvgIpc) is 2.45. The van der Waals surface area contributed by atoms with E-state index in [2.05, 4.69) is 5.32 Å². The zero-order valence-electron chi connectivity index (χ0n) is 12.6. The van der Waals surface area contributed by atoms with Gasteiger partial charge in [0, 0.05) is 12.6 Å². The van der Waals surface area contributed by atoms with Gasteiger partial charge in [-0.25, -0.2) is 12.8 Å². The monoisotopic (exact) mass is 314 g/mol. The summed E-state index contributed by atoms with van der Waals surface area (Å²) < 4.78 is 40.6. The van der Waals surface area contributed by atoms with Gasteiger partial charge in [0.15, 0.2) is 0 Å². The van der Waals surface area contributed by atoms with Crippen LogP contribution in [0.1, 0.15) is 31.2 Å². The normalized spacial score (nSPS) is 20.6. The minimum Gasteiger partial charge on any atom is -0.320 e. The third kappa shape index (κ3) is 3.62. The lowest BCUT2D eigenvalue weighted by Gasteiger charge is -2.35. The number of hydrogen-bond donors (Lipinski definition) is 1. The van der Waals surface area contributed by atoms with Gasteiger partial charge in [0.2, 0.25) is 10.0 Å². The molecule has 1 unspecified atom stereocenters. The third-order valence-corrected chi connectivity index (χ3v) is 6.14. The standard InChI is InChI=1S/C15H23FN2O2S/c1-12-11-13(16)6-7-15(12)21(19,20)18-10-4-3-5-14(18)8-9-17-2/h6-7,11,14,17H,3-5,8-10H2,1-2H3. The van der Waals surface area contributed by atoms with Gasteiger partial charge in [-0.2, -0.15) is 4.31 Å². The fourth-order valence-corrected chi connectivity index (χ4v) is 4.85. The van der Waals surface area contributed by atoms with E-state index >= 15 is 0 Å². The zero-order chi connectivity index (χ0) is 15.5. The van der Waals surface area contributed by atoms with Crippen molar-refractivity contribution in [2.75, 3.05) is 20.1 Å². The van der Waals surface area contributed by atoms with Crippen molar-refractivity contribution < 1.29 is 12.8 Å². The van der Waals surface area contributed by atoms with Crippen LogP contribution in [0.2, 0.25) is 0 Å². The number of benzene rings is 1. The molecule has 0 aromatic heterocycles. The Balaban J connectivity index is 2.31. The van der Waals surface area contributed by atoms with E-state index in [0.29, 0.717) is 12.1 Å². The molecule has 1 aromatic carbocycles. The van der Waals surface area contributed by atoms with Crippen LogP contribution in [-0.4, -0.2) is 38.9 Å². The number of halogens is 1. The van der Waals surface area contributed by atoms with Crippen LogP contribution in [0, 0.1) is 12.7 Å². The Morgan fingerprint density at radius 3 is 2.81 bits per heavy atom. The molecule has 21 heavy (non-hydrogen) atoms. The van der Waals surface area contributed by atoms with Gasteiger partial charge in [0.05, 0.1) is 4.90 Å². The maximum absolute atomic E-state index is 13.2. The Bertz CT molecular complexity index is 589. The number of nitrogens with one attached hydrogen (secondary N) is 1. The molecule has 1 aromatic rings. The van der Waals surface area contributed by atoms with Crippen LogP contribution in [0.25, 0.3) is 0 Å². The summed E-state index contributed by atoms with van der Waals surface area (Å²) in [6, 6.07) is 3.90. The van der Waals surface area contributed by atoms with Gasteiger partial charge in [-0.05, 0) is 63.5 Å². The second-order valence-electron chi connectivity index (χ2n) is 5.57. The van der Waals surface area contributed by atoms with E-state index in [-0.39, 0.29) is 10.9 Å². The smallest absolute Gasteiger partial charge is 0.243 e. The van der Waals surface area contributed by atoms with Crippen molar-refractivity contribution in [3.63, 3.8) is 0 Å². The molecule has 0 spiro atoms. The van der Waals surface area contributed by atoms with Crippen molar-refractivity contribution in [3.8, 4) is 0 Å². The van der Waals surface area contributed by atoms with Gasteiger partial charge in [-0.1, -0.05) is 6.42 Å². The molecule has 1 heterocycles. The van der Waals surface area contributed by atoms with Gasteiger partial charge < -0.3 is 5.32 Å². The van der Waals surface area contributed by atoms with Crippen LogP contribution in [0.15, 0.2) is 23.1 Å². The SMILES string of the molecule is CNCCC1CCCCN1S(=O)(=O)c1ccc(F)cc1C. The summed E-state index contributed by atoms with van der Waals surface area (Å²) in [5.41, 5.74) is 0.466. The maximum Gasteiger partial charge on any atom is 0.243 e. The van der Waals surface area contributed by atoms with E-state index in [1.54, 1.807) is 11.2 Å². The van der Waals surface area contributed by atoms with Gasteiger partial charge in [0.25, 0.3) is 0 Å². The molecule has 2 rings (SSSR count). The highest BCUT2D eigenvalue weighted by atomic mass is 32.2. The fraction of sp³-hybridized carbons (Fsp3) is 0.600. The van der Waals surface area contributed by atoms with E-state index < -0.39 is 15.8 Å². The molecule has 0 radical (unpaired) electrons. The van der Waals surface area contributed by atoms with Crippen LogP contribution >= 0.6 is 0 Å². The average molecular weight is 314 g/mol. The molecular formula is C15H23FN2O2S. The van der Waals surface area contributed by atoms with Gasteiger partial charge >= 0.3 is 0 Å². The van der Waals surface area contributed by atoms with Crippen molar-refractivity contribution in [2.45, 2.75) is 43.5 Å². The lowest BCUT2D eigenvalue weighted by atomic mass is 10.0. The number of sulfonamides is 1. The molecule has 1 aliphatic heterocycles. The van der Waals surface area contributed by atoms with Crippen molar-refractivity contribution in [1.82, 2.24) is 9.62 Å². The van der Waals surface area contributed by atoms with E-state index in [9.17, 15) is 12.8 Å². The minimum absolute atomic E-state index is 0.0284. The van der Waals surface area contributed by atoms with Crippen molar-refractivity contribution in [3.05, 3.63) is 29.6 Å². The summed E-state index contributed by atoms with van der Waals surface area (Å²) in [7, 11) is -1.68. The Kier molecular flexibility index (Phi) is 5.35. The van der Waals surface area contributed by atoms with E-state index in [0.717, 1.165) is 32.2 Å². The van der Waals surface area contributed by atoms with Crippen LogP contribution in [0.4, 0.5) is 4.39 Å². The number of aryl methyl sites for hydroxylation is 1. The quantitative estimate of drug-likeness (QED) is 0.907. The summed E-state index contributed by atoms with van der Waals surface area (Å²) >= 11 is 0. The summed E-state index contributed by atoms with van der Waals surface area (Å²) in [5.74, 6) is -0.406. The van der Waals surface area contributed by atoms with Crippen molar-refractivity contribution >= 4 is 10.0 Å². The predicted octanol–water partition coefficient (Wildman–Crippen LogP) is 2.29. The second-order valence-corrected chi connectivity index (χ2v) is 7.43. The van der Waals surface area contributed by atoms with Crippen molar-refractivity contribution in [2.24, 2.45) is 0 Å². The summed E-state index contributed by atoms with van der Waals surface area (Å²) in [6.45, 7) is 2.98. The molecule has 0 amide bonds. The van der Waals surface area contributed by atoms with E-state index in [1.165, 1.54) is 18.2 Å². The Morgan fingerprint density at radius 2 is 2.14 bits per heavy atom. The number of rotatable bonds is 5. The highest BCUT2D eigenvalue weighted by molar-refractivity contribution is 7.89. The first-order chi connectivity index (χ1) is 9.96. The highest BCUT2D eigenvalue weighted by Crippen LogP contribution is 2.28. The predicted molar refractivity (Wildman–Crippen MR) is 81.2 cm³/mol. The first kappa shape index (κ1) is 16.4. The lowest BCUT2D eigenvalue weighted by Crippen LogP contribution is -2.44. The van der Waals surface area contributed by atoms with Crippen LogP contribution in [0.5, 0.6) is 0 Å². The molecule has 0 aliphatic carbocycles. The Morgan fingerprint density at radius 1 is 1.38 bits per heavy atom. The molecule has 1 saturated heterocycles. The summed E-state index contributed by atoms with van der Waals surface area (Å²) in [6.07, 6.45) is 3.63. The third-order valence-electron chi connectivity index (χ3n) is 4.02. The molecular weight excluding hydrogens is 291 g/mol. The second kappa shape index (κ2) is 6.85. The largest absolute Gasteiger partial charge is 0.320 e. The van der Waals surface area contributed by atoms with Gasteiger partial charge in [-0.3, -0.25) is 0 Å². The molecule has 118 valence electrons. The molecule has 6 heteroatoms. The number of nitrogens with zero attached hydrogens (tertiary/aromatic N) is 1. The Hall–Kier alpha value is -0.980. The fourth-order valence-electron chi connectivity index (χ4n) is 2.92. The van der Waals surface area contributed by atoms with Crippen molar-refractivity contribution in [1.29, 1.82) is 0 Å². The molecule has 1 fully saturated rings. The highest BCUT2D eigenvalue weighted by Gasteiger charge is 2.33. The molecule has 1 aliphatic rings. The molecule has 1 N–H and O–H groups in total. The maximum atomic E-state index is 13.2. The summed E-state index contributed by atoms with van der Waals surface area (Å²) in [4.78, 5) is 0.222. The molecule has 1 atom stereocenters. The van der Waals surface area contributed by atoms with E-state index in [1.807, 2.05) is 7.05 Å². The van der Waals surface area contributed by atoms with Gasteiger partial charge in [-0.15, -0.1) is 0 Å². The molecule has 0 bridgehead atoms. The van der Waals surface area contributed by atoms with Crippen LogP contribution in [-0.2, 0) is 10.0 Å². The first-order valence-electron chi connectivity index (χ1n) is 7.39.